The van der Waals surface area contributed by atoms with E-state index in [1.54, 1.807) is 0 Å². The molecule has 0 aliphatic heterocycles. The van der Waals surface area contributed by atoms with Gasteiger partial charge in [-0.1, -0.05) is 0 Å². The van der Waals surface area contributed by atoms with Gasteiger partial charge in [-0.3, -0.25) is 0 Å². The first-order chi connectivity index (χ1) is 1.00. The summed E-state index contributed by atoms with van der Waals surface area (Å²) in [5.74, 6) is 0. The fraction of sp³-hybridized carbons (Fsp3) is 1.00. The zero-order valence-electron chi connectivity index (χ0n) is 2.83. The molecule has 1 N–H and O–H groups in total. The van der Waals surface area contributed by atoms with Gasteiger partial charge in [-0.15, -0.1) is 0 Å². The third-order valence-corrected chi connectivity index (χ3v) is 0. The van der Waals surface area contributed by atoms with E-state index in [0.29, 0.717) is 0 Å². The number of aliphatic hydroxyl groups is 1. The molecule has 0 aromatic carbocycles. The molecule has 0 aromatic rings. The normalized spacial score (nSPS) is 1.50. The number of aliphatic hydroxyl groups excluding tert-OH is 1. The average molecular weight is 119 g/mol. The van der Waals surface area contributed by atoms with Crippen LogP contribution in [-0.4, -0.2) is 12.2 Å². The molecule has 0 bridgehead atoms. The summed E-state index contributed by atoms with van der Waals surface area (Å²) in [7, 11) is 1.00. The van der Waals surface area contributed by atoms with Crippen molar-refractivity contribution in [3.05, 3.63) is 0 Å². The smallest absolute Gasteiger partial charge is 1.00 e. The monoisotopic (exact) mass is 118 g/mol. The van der Waals surface area contributed by atoms with E-state index in [2.05, 4.69) is 0 Å². The van der Waals surface area contributed by atoms with Crippen LogP contribution in [0.1, 0.15) is 0 Å². The van der Waals surface area contributed by atoms with Crippen molar-refractivity contribution in [3.63, 3.8) is 0 Å². The van der Waals surface area contributed by atoms with Gasteiger partial charge >= 0.3 is 18.9 Å². The molecule has 0 heterocycles. The molecule has 22 valence electrons. The topological polar surface area (TPSA) is 20.2 Å². The Bertz CT molecular complexity index is 8.00. The quantitative estimate of drug-likeness (QED) is 0.314. The Kier molecular flexibility index (Phi) is 171. The van der Waals surface area contributed by atoms with Gasteiger partial charge in [0.1, 0.15) is 0 Å². The SMILES string of the molecule is CO.[Br-].[Li+]. The largest absolute Gasteiger partial charge is 1.00 e. The maximum absolute atomic E-state index is 7.00. The molecule has 0 aliphatic carbocycles. The van der Waals surface area contributed by atoms with Gasteiger partial charge in [0.25, 0.3) is 0 Å². The van der Waals surface area contributed by atoms with Crippen LogP contribution in [0.4, 0.5) is 0 Å². The molecule has 0 spiro atoms. The Labute approximate surface area is 48.3 Å². The molecule has 0 fully saturated rings. The minimum atomic E-state index is 0. The molecular formula is CH4BrLiO. The van der Waals surface area contributed by atoms with E-state index in [9.17, 15) is 0 Å². The molecule has 0 aromatic heterocycles. The fourth-order valence-corrected chi connectivity index (χ4v) is 0. The summed E-state index contributed by atoms with van der Waals surface area (Å²) >= 11 is 0. The van der Waals surface area contributed by atoms with Crippen LogP contribution in [0.25, 0.3) is 0 Å². The van der Waals surface area contributed by atoms with E-state index < -0.39 is 0 Å². The second kappa shape index (κ2) is 34.6. The molecule has 0 radical (unpaired) electrons. The van der Waals surface area contributed by atoms with E-state index in [0.717, 1.165) is 7.11 Å². The first-order valence-electron chi connectivity index (χ1n) is 0.447. The summed E-state index contributed by atoms with van der Waals surface area (Å²) in [4.78, 5) is 0. The standard InChI is InChI=1S/CH4O.BrH.Li/c1-2;;/h2H,1H3;1H;/q;;+1/p-1. The van der Waals surface area contributed by atoms with Crippen molar-refractivity contribution < 1.29 is 40.9 Å². The van der Waals surface area contributed by atoms with Crippen LogP contribution in [0.3, 0.4) is 0 Å². The van der Waals surface area contributed by atoms with Gasteiger partial charge < -0.3 is 22.1 Å². The van der Waals surface area contributed by atoms with Crippen LogP contribution in [0, 0.1) is 0 Å². The second-order valence-electron chi connectivity index (χ2n) is 0. The molecule has 0 amide bonds. The predicted octanol–water partition coefficient (Wildman–Crippen LogP) is -6.38. The number of rotatable bonds is 0. The maximum Gasteiger partial charge on any atom is 1.00 e. The van der Waals surface area contributed by atoms with Gasteiger partial charge in [-0.2, -0.15) is 0 Å². The summed E-state index contributed by atoms with van der Waals surface area (Å²) in [5, 5.41) is 7.00. The summed E-state index contributed by atoms with van der Waals surface area (Å²) in [6.45, 7) is 0. The molecule has 0 aliphatic rings. The summed E-state index contributed by atoms with van der Waals surface area (Å²) in [6, 6.07) is 0. The summed E-state index contributed by atoms with van der Waals surface area (Å²) in [6.07, 6.45) is 0. The molecule has 0 saturated heterocycles. The van der Waals surface area contributed by atoms with Gasteiger partial charge in [0.15, 0.2) is 0 Å². The van der Waals surface area contributed by atoms with Gasteiger partial charge in [0, 0.05) is 7.11 Å². The Balaban J connectivity index is -0.00000000500. The third kappa shape index (κ3) is 11.7. The predicted molar refractivity (Wildman–Crippen MR) is 8.14 cm³/mol. The summed E-state index contributed by atoms with van der Waals surface area (Å²) in [5.41, 5.74) is 0. The third-order valence-electron chi connectivity index (χ3n) is 0. The molecule has 0 atom stereocenters. The number of halogens is 1. The van der Waals surface area contributed by atoms with E-state index in [4.69, 9.17) is 5.11 Å². The van der Waals surface area contributed by atoms with Crippen LogP contribution >= 0.6 is 0 Å². The van der Waals surface area contributed by atoms with Crippen LogP contribution in [-0.2, 0) is 0 Å². The first kappa shape index (κ1) is 19.8. The van der Waals surface area contributed by atoms with Crippen molar-refractivity contribution in [3.8, 4) is 0 Å². The van der Waals surface area contributed by atoms with E-state index in [-0.39, 0.29) is 35.8 Å². The van der Waals surface area contributed by atoms with E-state index >= 15 is 0 Å². The Morgan fingerprint density at radius 2 is 1.25 bits per heavy atom. The molecular weight excluding hydrogens is 115 g/mol. The van der Waals surface area contributed by atoms with Crippen molar-refractivity contribution in [2.45, 2.75) is 0 Å². The Morgan fingerprint density at radius 3 is 1.25 bits per heavy atom. The Hall–Kier alpha value is 1.04. The second-order valence-corrected chi connectivity index (χ2v) is 0. The zero-order chi connectivity index (χ0) is 2.00. The van der Waals surface area contributed by atoms with Crippen LogP contribution in [0.5, 0.6) is 0 Å². The molecule has 0 unspecified atom stereocenters. The van der Waals surface area contributed by atoms with Crippen molar-refractivity contribution >= 4 is 0 Å². The van der Waals surface area contributed by atoms with E-state index in [1.807, 2.05) is 0 Å². The van der Waals surface area contributed by atoms with Crippen LogP contribution < -0.4 is 35.8 Å². The number of hydrogen-bond acceptors (Lipinski definition) is 1. The molecule has 3 heteroatoms. The van der Waals surface area contributed by atoms with Gasteiger partial charge in [0.05, 0.1) is 0 Å². The molecule has 0 rings (SSSR count). The van der Waals surface area contributed by atoms with Gasteiger partial charge in [-0.05, 0) is 0 Å². The van der Waals surface area contributed by atoms with Crippen molar-refractivity contribution in [2.75, 3.05) is 7.11 Å². The number of hydrogen-bond donors (Lipinski definition) is 1. The molecule has 4 heavy (non-hydrogen) atoms. The zero-order valence-corrected chi connectivity index (χ0v) is 4.41. The Morgan fingerprint density at radius 1 is 1.25 bits per heavy atom. The average Bonchev–Trinajstić information content (AvgIpc) is 1.00. The molecule has 0 saturated carbocycles. The fourth-order valence-electron chi connectivity index (χ4n) is 0. The van der Waals surface area contributed by atoms with Crippen molar-refractivity contribution in [1.82, 2.24) is 0 Å². The molecule has 1 nitrogen and oxygen atoms in total. The van der Waals surface area contributed by atoms with Gasteiger partial charge in [0.2, 0.25) is 0 Å². The van der Waals surface area contributed by atoms with Crippen molar-refractivity contribution in [1.29, 1.82) is 0 Å². The maximum atomic E-state index is 7.00. The minimum Gasteiger partial charge on any atom is -1.00 e. The summed E-state index contributed by atoms with van der Waals surface area (Å²) < 4.78 is 0. The van der Waals surface area contributed by atoms with Gasteiger partial charge in [-0.25, -0.2) is 0 Å². The minimum absolute atomic E-state index is 0. The van der Waals surface area contributed by atoms with Crippen LogP contribution in [0.2, 0.25) is 0 Å². The van der Waals surface area contributed by atoms with E-state index in [1.165, 1.54) is 0 Å². The van der Waals surface area contributed by atoms with Crippen molar-refractivity contribution in [2.24, 2.45) is 0 Å². The van der Waals surface area contributed by atoms with Crippen LogP contribution in [0.15, 0.2) is 0 Å². The first-order valence-corrected chi connectivity index (χ1v) is 0.447.